The number of amides is 1. The summed E-state index contributed by atoms with van der Waals surface area (Å²) in [6, 6.07) is 4.16. The molecule has 1 saturated carbocycles. The van der Waals surface area contributed by atoms with Crippen molar-refractivity contribution in [3.63, 3.8) is 0 Å². The van der Waals surface area contributed by atoms with Crippen LogP contribution in [-0.4, -0.2) is 51.1 Å². The molecule has 3 aromatic rings. The minimum Gasteiger partial charge on any atom is -0.378 e. The molecule has 9 heteroatoms. The highest BCUT2D eigenvalue weighted by molar-refractivity contribution is 5.95. The molecule has 0 radical (unpaired) electrons. The van der Waals surface area contributed by atoms with E-state index in [0.29, 0.717) is 23.2 Å². The number of aromatic nitrogens is 5. The van der Waals surface area contributed by atoms with Crippen molar-refractivity contribution in [2.45, 2.75) is 58.7 Å². The largest absolute Gasteiger partial charge is 0.378 e. The van der Waals surface area contributed by atoms with Crippen LogP contribution in [-0.2, 0) is 24.3 Å². The van der Waals surface area contributed by atoms with E-state index in [4.69, 9.17) is 9.72 Å². The van der Waals surface area contributed by atoms with Crippen molar-refractivity contribution in [1.29, 1.82) is 0 Å². The van der Waals surface area contributed by atoms with E-state index in [1.165, 1.54) is 18.4 Å². The zero-order valence-corrected chi connectivity index (χ0v) is 20.0. The number of hydrogen-bond donors (Lipinski definition) is 2. The molecule has 2 fully saturated rings. The van der Waals surface area contributed by atoms with Crippen molar-refractivity contribution in [3.8, 4) is 0 Å². The Balaban J connectivity index is 1.17. The highest BCUT2D eigenvalue weighted by atomic mass is 16.5. The third kappa shape index (κ3) is 3.68. The first kappa shape index (κ1) is 21.3. The number of nitrogens with zero attached hydrogens (tertiary/aromatic N) is 5. The van der Waals surface area contributed by atoms with E-state index in [9.17, 15) is 4.79 Å². The number of rotatable bonds is 7. The smallest absolute Gasteiger partial charge is 0.255 e. The SMILES string of the molecule is COCc1nn(Cc2ccc(N3CC4(CC4)C3)nc2C)cc1C(=O)NC1CCc2c1n[nH]c2C. The third-order valence-electron chi connectivity index (χ3n) is 7.63. The number of methoxy groups -OCH3 is 1. The minimum absolute atomic E-state index is 0.0820. The summed E-state index contributed by atoms with van der Waals surface area (Å²) in [6.45, 7) is 7.17. The fourth-order valence-corrected chi connectivity index (χ4v) is 5.37. The number of aromatic amines is 1. The first-order valence-corrected chi connectivity index (χ1v) is 12.1. The molecule has 2 aliphatic carbocycles. The molecular weight excluding hydrogens is 430 g/mol. The number of hydrogen-bond acceptors (Lipinski definition) is 6. The number of carbonyl (C=O) groups is 1. The molecule has 34 heavy (non-hydrogen) atoms. The molecule has 0 aromatic carbocycles. The first-order chi connectivity index (χ1) is 16.4. The highest BCUT2D eigenvalue weighted by Crippen LogP contribution is 2.53. The van der Waals surface area contributed by atoms with E-state index in [0.717, 1.165) is 54.4 Å². The molecular formula is C25H31N7O2. The van der Waals surface area contributed by atoms with Crippen molar-refractivity contribution in [2.24, 2.45) is 5.41 Å². The molecule has 178 valence electrons. The van der Waals surface area contributed by atoms with E-state index < -0.39 is 0 Å². The fourth-order valence-electron chi connectivity index (χ4n) is 5.37. The van der Waals surface area contributed by atoms with Crippen LogP contribution in [0.25, 0.3) is 0 Å². The Morgan fingerprint density at radius 3 is 2.85 bits per heavy atom. The summed E-state index contributed by atoms with van der Waals surface area (Å²) in [5.74, 6) is 0.915. The number of H-pyrrole nitrogens is 1. The maximum Gasteiger partial charge on any atom is 0.255 e. The lowest BCUT2D eigenvalue weighted by Gasteiger charge is -2.41. The maximum atomic E-state index is 13.2. The molecule has 1 unspecified atom stereocenters. The summed E-state index contributed by atoms with van der Waals surface area (Å²) in [5.41, 5.74) is 7.12. The lowest BCUT2D eigenvalue weighted by atomic mass is 9.97. The van der Waals surface area contributed by atoms with Crippen molar-refractivity contribution < 1.29 is 9.53 Å². The summed E-state index contributed by atoms with van der Waals surface area (Å²) < 4.78 is 7.14. The maximum absolute atomic E-state index is 13.2. The van der Waals surface area contributed by atoms with Gasteiger partial charge in [-0.3, -0.25) is 14.6 Å². The van der Waals surface area contributed by atoms with Crippen molar-refractivity contribution in [1.82, 2.24) is 30.3 Å². The molecule has 6 rings (SSSR count). The Bertz CT molecular complexity index is 1250. The number of pyridine rings is 1. The van der Waals surface area contributed by atoms with Gasteiger partial charge in [-0.15, -0.1) is 0 Å². The first-order valence-electron chi connectivity index (χ1n) is 12.1. The molecule has 1 spiro atoms. The van der Waals surface area contributed by atoms with Crippen LogP contribution in [0.15, 0.2) is 18.3 Å². The topological polar surface area (TPSA) is 101 Å². The van der Waals surface area contributed by atoms with E-state index >= 15 is 0 Å². The number of ether oxygens (including phenoxy) is 1. The standard InChI is InChI=1S/C25H31N7O2/c1-15-17(4-7-22(26-15)31-13-25(14-31)8-9-25)10-32-11-19(21(30-32)12-34-3)24(33)27-20-6-5-18-16(2)28-29-23(18)20/h4,7,11,20H,5-6,8-10,12-14H2,1-3H3,(H,27,33)(H,28,29). The van der Waals surface area contributed by atoms with Gasteiger partial charge in [0.2, 0.25) is 0 Å². The van der Waals surface area contributed by atoms with Gasteiger partial charge >= 0.3 is 0 Å². The molecule has 4 heterocycles. The summed E-state index contributed by atoms with van der Waals surface area (Å²) in [5, 5.41) is 15.2. The summed E-state index contributed by atoms with van der Waals surface area (Å²) in [7, 11) is 1.62. The fraction of sp³-hybridized carbons (Fsp3) is 0.520. The summed E-state index contributed by atoms with van der Waals surface area (Å²) in [4.78, 5) is 20.4. The average Bonchev–Trinajstić information content (AvgIpc) is 3.15. The van der Waals surface area contributed by atoms with Crippen LogP contribution in [0.4, 0.5) is 5.82 Å². The molecule has 3 aromatic heterocycles. The van der Waals surface area contributed by atoms with E-state index in [1.54, 1.807) is 7.11 Å². The van der Waals surface area contributed by atoms with E-state index in [-0.39, 0.29) is 18.6 Å². The average molecular weight is 462 g/mol. The van der Waals surface area contributed by atoms with E-state index in [2.05, 4.69) is 37.6 Å². The van der Waals surface area contributed by atoms with E-state index in [1.807, 2.05) is 24.7 Å². The summed E-state index contributed by atoms with van der Waals surface area (Å²) in [6.07, 6.45) is 6.33. The van der Waals surface area contributed by atoms with Gasteiger partial charge in [0, 0.05) is 43.2 Å². The second kappa shape index (κ2) is 7.94. The molecule has 3 aliphatic rings. The third-order valence-corrected chi connectivity index (χ3v) is 7.63. The van der Waals surface area contributed by atoms with Crippen LogP contribution in [0.1, 0.15) is 69.6 Å². The lowest BCUT2D eigenvalue weighted by Crippen LogP contribution is -2.48. The Labute approximate surface area is 198 Å². The number of nitrogens with one attached hydrogen (secondary N) is 2. The second-order valence-electron chi connectivity index (χ2n) is 10.2. The van der Waals surface area contributed by atoms with Gasteiger partial charge in [-0.05, 0) is 56.7 Å². The summed E-state index contributed by atoms with van der Waals surface area (Å²) >= 11 is 0. The van der Waals surface area contributed by atoms with Crippen LogP contribution < -0.4 is 10.2 Å². The predicted molar refractivity (Wildman–Crippen MR) is 127 cm³/mol. The number of carbonyl (C=O) groups excluding carboxylic acids is 1. The van der Waals surface area contributed by atoms with Gasteiger partial charge in [-0.1, -0.05) is 6.07 Å². The van der Waals surface area contributed by atoms with Crippen LogP contribution in [0.3, 0.4) is 0 Å². The quantitative estimate of drug-likeness (QED) is 0.561. The van der Waals surface area contributed by atoms with Gasteiger partial charge in [0.05, 0.1) is 30.5 Å². The second-order valence-corrected chi connectivity index (χ2v) is 10.2. The minimum atomic E-state index is -0.145. The highest BCUT2D eigenvalue weighted by Gasteiger charge is 2.52. The van der Waals surface area contributed by atoms with Gasteiger partial charge < -0.3 is 15.0 Å². The van der Waals surface area contributed by atoms with Gasteiger partial charge in [-0.25, -0.2) is 4.98 Å². The monoisotopic (exact) mass is 461 g/mol. The Kier molecular flexibility index (Phi) is 4.98. The van der Waals surface area contributed by atoms with Gasteiger partial charge in [0.25, 0.3) is 5.91 Å². The van der Waals surface area contributed by atoms with Crippen molar-refractivity contribution in [2.75, 3.05) is 25.1 Å². The predicted octanol–water partition coefficient (Wildman–Crippen LogP) is 2.83. The normalized spacial score (nSPS) is 19.9. The zero-order chi connectivity index (χ0) is 23.4. The molecule has 1 atom stereocenters. The van der Waals surface area contributed by atoms with Gasteiger partial charge in [0.15, 0.2) is 0 Å². The van der Waals surface area contributed by atoms with Crippen LogP contribution in [0.5, 0.6) is 0 Å². The van der Waals surface area contributed by atoms with Crippen LogP contribution >= 0.6 is 0 Å². The Morgan fingerprint density at radius 2 is 2.12 bits per heavy atom. The number of aryl methyl sites for hydroxylation is 2. The molecule has 1 aliphatic heterocycles. The van der Waals surface area contributed by atoms with Gasteiger partial charge in [-0.2, -0.15) is 10.2 Å². The van der Waals surface area contributed by atoms with Crippen molar-refractivity contribution in [3.05, 3.63) is 57.8 Å². The Hall–Kier alpha value is -3.20. The van der Waals surface area contributed by atoms with Crippen molar-refractivity contribution >= 4 is 11.7 Å². The molecule has 1 amide bonds. The van der Waals surface area contributed by atoms with Crippen LogP contribution in [0.2, 0.25) is 0 Å². The molecule has 1 saturated heterocycles. The molecule has 0 bridgehead atoms. The molecule has 2 N–H and O–H groups in total. The zero-order valence-electron chi connectivity index (χ0n) is 20.0. The van der Waals surface area contributed by atoms with Crippen LogP contribution in [0, 0.1) is 19.3 Å². The number of fused-ring (bicyclic) bond motifs is 1. The Morgan fingerprint density at radius 1 is 1.29 bits per heavy atom. The lowest BCUT2D eigenvalue weighted by molar-refractivity contribution is 0.0931. The van der Waals surface area contributed by atoms with Gasteiger partial charge in [0.1, 0.15) is 11.5 Å². The molecule has 9 nitrogen and oxygen atoms in total. The number of anilines is 1.